The maximum absolute atomic E-state index is 12.5. The van der Waals surface area contributed by atoms with E-state index < -0.39 is 0 Å². The van der Waals surface area contributed by atoms with Gasteiger partial charge in [0.05, 0.1) is 0 Å². The number of hydrogen-bond acceptors (Lipinski definition) is 4. The number of ether oxygens (including phenoxy) is 2. The van der Waals surface area contributed by atoms with Crippen molar-refractivity contribution < 1.29 is 14.3 Å². The SMILES string of the molecule is CN(C)C1(CNC(=O)c2ccc3c(c2)OCO3)CCCCCC1. The van der Waals surface area contributed by atoms with Gasteiger partial charge in [-0.25, -0.2) is 0 Å². The lowest BCUT2D eigenvalue weighted by Gasteiger charge is -2.39. The molecule has 1 amide bonds. The van der Waals surface area contributed by atoms with Crippen molar-refractivity contribution in [2.24, 2.45) is 0 Å². The Morgan fingerprint density at radius 1 is 1.13 bits per heavy atom. The molecule has 1 saturated carbocycles. The van der Waals surface area contributed by atoms with Crippen LogP contribution >= 0.6 is 0 Å². The second-order valence-electron chi connectivity index (χ2n) is 6.78. The molecule has 0 aromatic heterocycles. The Bertz CT molecular complexity index is 563. The number of hydrogen-bond donors (Lipinski definition) is 1. The van der Waals surface area contributed by atoms with Gasteiger partial charge in [-0.2, -0.15) is 0 Å². The second kappa shape index (κ2) is 6.79. The van der Waals surface area contributed by atoms with Crippen LogP contribution in [0.4, 0.5) is 0 Å². The highest BCUT2D eigenvalue weighted by Gasteiger charge is 2.33. The van der Waals surface area contributed by atoms with Crippen LogP contribution in [0.2, 0.25) is 0 Å². The van der Waals surface area contributed by atoms with Gasteiger partial charge in [-0.05, 0) is 45.1 Å². The van der Waals surface area contributed by atoms with Crippen LogP contribution in [0.5, 0.6) is 11.5 Å². The summed E-state index contributed by atoms with van der Waals surface area (Å²) in [5.74, 6) is 1.30. The highest BCUT2D eigenvalue weighted by Crippen LogP contribution is 2.33. The molecule has 0 saturated heterocycles. The van der Waals surface area contributed by atoms with E-state index in [-0.39, 0.29) is 18.2 Å². The lowest BCUT2D eigenvalue weighted by molar-refractivity contribution is 0.0868. The Hall–Kier alpha value is -1.75. The molecule has 1 heterocycles. The van der Waals surface area contributed by atoms with E-state index in [4.69, 9.17) is 9.47 Å². The summed E-state index contributed by atoms with van der Waals surface area (Å²) >= 11 is 0. The van der Waals surface area contributed by atoms with Gasteiger partial charge in [-0.15, -0.1) is 0 Å². The maximum Gasteiger partial charge on any atom is 0.251 e. The fourth-order valence-electron chi connectivity index (χ4n) is 3.55. The standard InChI is InChI=1S/C18H26N2O3/c1-20(2)18(9-5-3-4-6-10-18)12-19-17(21)14-7-8-15-16(11-14)23-13-22-15/h7-8,11H,3-6,9-10,12-13H2,1-2H3,(H,19,21). The van der Waals surface area contributed by atoms with Gasteiger partial charge >= 0.3 is 0 Å². The van der Waals surface area contributed by atoms with Crippen LogP contribution in [0.15, 0.2) is 18.2 Å². The maximum atomic E-state index is 12.5. The monoisotopic (exact) mass is 318 g/mol. The van der Waals surface area contributed by atoms with Crippen molar-refractivity contribution in [2.75, 3.05) is 27.4 Å². The predicted octanol–water partition coefficient (Wildman–Crippen LogP) is 2.80. The quantitative estimate of drug-likeness (QED) is 0.867. The fraction of sp³-hybridized carbons (Fsp3) is 0.611. The van der Waals surface area contributed by atoms with Gasteiger partial charge in [0, 0.05) is 17.6 Å². The first-order valence-electron chi connectivity index (χ1n) is 8.46. The third-order valence-corrected chi connectivity index (χ3v) is 5.20. The van der Waals surface area contributed by atoms with Crippen molar-refractivity contribution in [1.82, 2.24) is 10.2 Å². The molecule has 1 aromatic rings. The molecule has 126 valence electrons. The van der Waals surface area contributed by atoms with E-state index in [0.717, 1.165) is 12.8 Å². The lowest BCUT2D eigenvalue weighted by atomic mass is 9.88. The molecule has 0 unspecified atom stereocenters. The summed E-state index contributed by atoms with van der Waals surface area (Å²) in [4.78, 5) is 14.8. The van der Waals surface area contributed by atoms with Crippen LogP contribution < -0.4 is 14.8 Å². The van der Waals surface area contributed by atoms with E-state index in [9.17, 15) is 4.79 Å². The molecule has 5 heteroatoms. The Morgan fingerprint density at radius 2 is 1.83 bits per heavy atom. The van der Waals surface area contributed by atoms with Gasteiger partial charge in [0.15, 0.2) is 11.5 Å². The number of benzene rings is 1. The normalized spacial score (nSPS) is 19.4. The number of carbonyl (C=O) groups is 1. The molecule has 1 aliphatic carbocycles. The number of likely N-dealkylation sites (N-methyl/N-ethyl adjacent to an activating group) is 1. The molecule has 23 heavy (non-hydrogen) atoms. The van der Waals surface area contributed by atoms with Crippen molar-refractivity contribution in [3.63, 3.8) is 0 Å². The van der Waals surface area contributed by atoms with Gasteiger partial charge in [-0.3, -0.25) is 4.79 Å². The average molecular weight is 318 g/mol. The first-order chi connectivity index (χ1) is 11.1. The summed E-state index contributed by atoms with van der Waals surface area (Å²) in [6, 6.07) is 5.34. The van der Waals surface area contributed by atoms with E-state index in [1.807, 2.05) is 0 Å². The minimum absolute atomic E-state index is 0.0474. The molecule has 1 fully saturated rings. The van der Waals surface area contributed by atoms with Crippen molar-refractivity contribution in [3.8, 4) is 11.5 Å². The Morgan fingerprint density at radius 3 is 2.52 bits per heavy atom. The highest BCUT2D eigenvalue weighted by molar-refractivity contribution is 5.95. The lowest BCUT2D eigenvalue weighted by Crippen LogP contribution is -2.52. The number of carbonyl (C=O) groups excluding carboxylic acids is 1. The number of fused-ring (bicyclic) bond motifs is 1. The second-order valence-corrected chi connectivity index (χ2v) is 6.78. The van der Waals surface area contributed by atoms with E-state index >= 15 is 0 Å². The molecule has 1 aliphatic heterocycles. The summed E-state index contributed by atoms with van der Waals surface area (Å²) in [7, 11) is 4.25. The molecule has 2 aliphatic rings. The van der Waals surface area contributed by atoms with Crippen LogP contribution in [0.25, 0.3) is 0 Å². The molecule has 0 radical (unpaired) electrons. The number of nitrogens with one attached hydrogen (secondary N) is 1. The Kier molecular flexibility index (Phi) is 4.76. The van der Waals surface area contributed by atoms with Crippen LogP contribution in [-0.2, 0) is 0 Å². The van der Waals surface area contributed by atoms with E-state index in [2.05, 4.69) is 24.3 Å². The highest BCUT2D eigenvalue weighted by atomic mass is 16.7. The summed E-state index contributed by atoms with van der Waals surface area (Å²) in [6.45, 7) is 0.914. The minimum Gasteiger partial charge on any atom is -0.454 e. The molecule has 0 spiro atoms. The zero-order chi connectivity index (χ0) is 16.3. The third-order valence-electron chi connectivity index (χ3n) is 5.20. The Balaban J connectivity index is 1.67. The summed E-state index contributed by atoms with van der Waals surface area (Å²) in [5, 5.41) is 3.13. The van der Waals surface area contributed by atoms with Crippen molar-refractivity contribution in [2.45, 2.75) is 44.1 Å². The number of amides is 1. The smallest absolute Gasteiger partial charge is 0.251 e. The van der Waals surface area contributed by atoms with Gasteiger partial charge in [0.25, 0.3) is 5.91 Å². The van der Waals surface area contributed by atoms with Crippen LogP contribution in [0.3, 0.4) is 0 Å². The first-order valence-corrected chi connectivity index (χ1v) is 8.46. The third kappa shape index (κ3) is 3.44. The minimum atomic E-state index is -0.0474. The average Bonchev–Trinajstić information content (AvgIpc) is 2.88. The molecule has 0 bridgehead atoms. The molecule has 5 nitrogen and oxygen atoms in total. The zero-order valence-electron chi connectivity index (χ0n) is 14.1. The van der Waals surface area contributed by atoms with Gasteiger partial charge in [0.2, 0.25) is 6.79 Å². The predicted molar refractivity (Wildman–Crippen MR) is 89.0 cm³/mol. The van der Waals surface area contributed by atoms with E-state index in [1.54, 1.807) is 18.2 Å². The number of nitrogens with zero attached hydrogens (tertiary/aromatic N) is 1. The topological polar surface area (TPSA) is 50.8 Å². The Labute approximate surface area is 137 Å². The number of rotatable bonds is 4. The molecule has 3 rings (SSSR count). The molecule has 0 atom stereocenters. The van der Waals surface area contributed by atoms with Crippen molar-refractivity contribution >= 4 is 5.91 Å². The van der Waals surface area contributed by atoms with Gasteiger partial charge in [0.1, 0.15) is 0 Å². The van der Waals surface area contributed by atoms with Crippen LogP contribution in [0, 0.1) is 0 Å². The fourth-order valence-corrected chi connectivity index (χ4v) is 3.55. The summed E-state index contributed by atoms with van der Waals surface area (Å²) < 4.78 is 10.6. The van der Waals surface area contributed by atoms with Crippen molar-refractivity contribution in [1.29, 1.82) is 0 Å². The summed E-state index contributed by atoms with van der Waals surface area (Å²) in [5.41, 5.74) is 0.694. The molecular formula is C18H26N2O3. The molecule has 1 N–H and O–H groups in total. The van der Waals surface area contributed by atoms with Gasteiger partial charge < -0.3 is 19.7 Å². The summed E-state index contributed by atoms with van der Waals surface area (Å²) in [6.07, 6.45) is 7.34. The van der Waals surface area contributed by atoms with E-state index in [0.29, 0.717) is 23.6 Å². The molecular weight excluding hydrogens is 292 g/mol. The van der Waals surface area contributed by atoms with Crippen LogP contribution in [0.1, 0.15) is 48.9 Å². The largest absolute Gasteiger partial charge is 0.454 e. The molecule has 1 aromatic carbocycles. The van der Waals surface area contributed by atoms with Crippen LogP contribution in [-0.4, -0.2) is 43.8 Å². The van der Waals surface area contributed by atoms with Gasteiger partial charge in [-0.1, -0.05) is 25.7 Å². The first kappa shape index (κ1) is 16.1. The van der Waals surface area contributed by atoms with E-state index in [1.165, 1.54) is 25.7 Å². The zero-order valence-corrected chi connectivity index (χ0v) is 14.1. The van der Waals surface area contributed by atoms with Crippen molar-refractivity contribution in [3.05, 3.63) is 23.8 Å².